The van der Waals surface area contributed by atoms with Crippen molar-refractivity contribution in [1.29, 1.82) is 0 Å². The summed E-state index contributed by atoms with van der Waals surface area (Å²) >= 11 is 1.26. The Morgan fingerprint density at radius 3 is 2.00 bits per heavy atom. The summed E-state index contributed by atoms with van der Waals surface area (Å²) in [6, 6.07) is -0.541. The third kappa shape index (κ3) is 8.74. The molecule has 0 aliphatic carbocycles. The van der Waals surface area contributed by atoms with Crippen LogP contribution in [0.3, 0.4) is 0 Å². The number of rotatable bonds is 10. The zero-order chi connectivity index (χ0) is 23.7. The van der Waals surface area contributed by atoms with Gasteiger partial charge < -0.3 is 24.3 Å². The van der Waals surface area contributed by atoms with Crippen molar-refractivity contribution in [2.45, 2.75) is 63.6 Å². The highest BCUT2D eigenvalue weighted by molar-refractivity contribution is 7.99. The van der Waals surface area contributed by atoms with Gasteiger partial charge in [-0.2, -0.15) is 0 Å². The van der Waals surface area contributed by atoms with Gasteiger partial charge >= 0.3 is 17.9 Å². The van der Waals surface area contributed by atoms with Gasteiger partial charge in [-0.05, 0) is 23.2 Å². The molecule has 11 heteroatoms. The summed E-state index contributed by atoms with van der Waals surface area (Å²) in [7, 11) is -0.152. The van der Waals surface area contributed by atoms with E-state index in [0.717, 1.165) is 5.75 Å². The van der Waals surface area contributed by atoms with Crippen molar-refractivity contribution in [2.75, 3.05) is 24.0 Å². The molecule has 1 unspecified atom stereocenters. The number of hydrogen-bond acceptors (Lipinski definition) is 9. The Balaban J connectivity index is 3.44. The summed E-state index contributed by atoms with van der Waals surface area (Å²) in [4.78, 5) is 47.4. The summed E-state index contributed by atoms with van der Waals surface area (Å²) < 4.78 is 22.6. The first-order valence-electron chi connectivity index (χ1n) is 9.67. The van der Waals surface area contributed by atoms with E-state index in [0.29, 0.717) is 5.75 Å². The fourth-order valence-electron chi connectivity index (χ4n) is 3.37. The van der Waals surface area contributed by atoms with E-state index in [1.165, 1.54) is 39.5 Å². The Morgan fingerprint density at radius 2 is 1.55 bits per heavy atom. The van der Waals surface area contributed by atoms with Gasteiger partial charge in [-0.15, -0.1) is 11.8 Å². The molecule has 1 amide bonds. The van der Waals surface area contributed by atoms with Crippen molar-refractivity contribution in [2.24, 2.45) is 0 Å². The number of hydrogen-bond donors (Lipinski definition) is 1. The maximum absolute atomic E-state index is 11.9. The van der Waals surface area contributed by atoms with E-state index in [-0.39, 0.29) is 16.8 Å². The molecule has 1 aliphatic heterocycles. The van der Waals surface area contributed by atoms with E-state index in [4.69, 9.17) is 18.9 Å². The van der Waals surface area contributed by atoms with Crippen LogP contribution in [0, 0.1) is 0 Å². The lowest BCUT2D eigenvalue weighted by molar-refractivity contribution is -0.234. The summed E-state index contributed by atoms with van der Waals surface area (Å²) in [6.45, 7) is 8.80. The van der Waals surface area contributed by atoms with E-state index < -0.39 is 53.8 Å². The highest BCUT2D eigenvalue weighted by Gasteiger charge is 2.54. The van der Waals surface area contributed by atoms with Crippen molar-refractivity contribution in [3.8, 4) is 0 Å². The van der Waals surface area contributed by atoms with Gasteiger partial charge in [0.25, 0.3) is 0 Å². The Kier molecular flexibility index (Phi) is 11.4. The molecule has 0 spiro atoms. The molecule has 1 N–H and O–H groups in total. The Labute approximate surface area is 190 Å². The van der Waals surface area contributed by atoms with Crippen molar-refractivity contribution in [1.82, 2.24) is 5.32 Å². The van der Waals surface area contributed by atoms with Crippen molar-refractivity contribution < 1.29 is 38.1 Å². The molecule has 0 saturated carbocycles. The molecule has 7 atom stereocenters. The topological polar surface area (TPSA) is 117 Å². The SMILES string of the molecule is C=CC[S+](C)C[C@H](NC(C)=O)[C@H]1O[C@H](SC)[C@H](OC(C)=O)[C@@H](OC(C)=O)[C@H]1OC(C)=O. The van der Waals surface area contributed by atoms with Gasteiger partial charge in [0.05, 0.1) is 6.26 Å². The highest BCUT2D eigenvalue weighted by atomic mass is 32.2. The minimum absolute atomic E-state index is 0.152. The molecular weight excluding hydrogens is 446 g/mol. The summed E-state index contributed by atoms with van der Waals surface area (Å²) in [5.41, 5.74) is -0.709. The van der Waals surface area contributed by atoms with Crippen LogP contribution in [0.25, 0.3) is 0 Å². The largest absolute Gasteiger partial charge is 0.456 e. The zero-order valence-electron chi connectivity index (χ0n) is 18.7. The second-order valence-corrected chi connectivity index (χ2v) is 10.3. The number of esters is 3. The van der Waals surface area contributed by atoms with Crippen LogP contribution in [-0.2, 0) is 49.0 Å². The maximum Gasteiger partial charge on any atom is 0.303 e. The van der Waals surface area contributed by atoms with Crippen LogP contribution in [0.15, 0.2) is 12.7 Å². The highest BCUT2D eigenvalue weighted by Crippen LogP contribution is 2.34. The third-order valence-electron chi connectivity index (χ3n) is 4.32. The van der Waals surface area contributed by atoms with Gasteiger partial charge in [0.2, 0.25) is 5.91 Å². The van der Waals surface area contributed by atoms with E-state index >= 15 is 0 Å². The zero-order valence-corrected chi connectivity index (χ0v) is 20.4. The lowest BCUT2D eigenvalue weighted by Crippen LogP contribution is -2.66. The first-order chi connectivity index (χ1) is 14.5. The second-order valence-electron chi connectivity index (χ2n) is 7.14. The molecule has 176 valence electrons. The van der Waals surface area contributed by atoms with E-state index in [1.54, 1.807) is 12.3 Å². The minimum Gasteiger partial charge on any atom is -0.456 e. The van der Waals surface area contributed by atoms with Gasteiger partial charge in [-0.25, -0.2) is 0 Å². The normalized spacial score (nSPS) is 27.4. The molecule has 31 heavy (non-hydrogen) atoms. The predicted octanol–water partition coefficient (Wildman–Crippen LogP) is 0.808. The number of amides is 1. The van der Waals surface area contributed by atoms with Gasteiger partial charge in [0, 0.05) is 27.7 Å². The van der Waals surface area contributed by atoms with E-state index in [2.05, 4.69) is 11.9 Å². The minimum atomic E-state index is -1.10. The molecule has 1 saturated heterocycles. The smallest absolute Gasteiger partial charge is 0.303 e. The van der Waals surface area contributed by atoms with Crippen molar-refractivity contribution in [3.63, 3.8) is 0 Å². The van der Waals surface area contributed by atoms with E-state index in [9.17, 15) is 19.2 Å². The number of ether oxygens (including phenoxy) is 4. The molecular formula is C20H32NO8S2+. The second kappa shape index (κ2) is 13.0. The molecule has 0 aromatic rings. The molecule has 0 radical (unpaired) electrons. The van der Waals surface area contributed by atoms with Crippen LogP contribution in [0.4, 0.5) is 0 Å². The number of nitrogens with one attached hydrogen (secondary N) is 1. The van der Waals surface area contributed by atoms with Gasteiger partial charge in [-0.3, -0.25) is 19.2 Å². The Morgan fingerprint density at radius 1 is 1.03 bits per heavy atom. The standard InChI is InChI=1S/C20H31NO8S2/c1-8-9-31(7)10-15(21-11(2)22)16-17(26-12(3)23)18(27-13(4)24)19(28-14(5)25)20(29-16)30-6/h8,15-20H,1,9-10H2,2-7H3/p+1/t15-,16+,17-,18-,19+,20+,31?/m0/s1. The van der Waals surface area contributed by atoms with Crippen molar-refractivity contribution >= 4 is 46.5 Å². The quantitative estimate of drug-likeness (QED) is 0.211. The lowest BCUT2D eigenvalue weighted by atomic mass is 9.94. The maximum atomic E-state index is 11.9. The molecule has 0 aromatic carbocycles. The van der Waals surface area contributed by atoms with Crippen LogP contribution in [0.1, 0.15) is 27.7 Å². The average molecular weight is 479 g/mol. The molecule has 1 aliphatic rings. The van der Waals surface area contributed by atoms with Crippen LogP contribution in [0.5, 0.6) is 0 Å². The van der Waals surface area contributed by atoms with Gasteiger partial charge in [0.15, 0.2) is 18.3 Å². The molecule has 1 rings (SSSR count). The molecule has 9 nitrogen and oxygen atoms in total. The first kappa shape index (κ1) is 27.3. The monoisotopic (exact) mass is 478 g/mol. The van der Waals surface area contributed by atoms with Crippen molar-refractivity contribution in [3.05, 3.63) is 12.7 Å². The van der Waals surface area contributed by atoms with E-state index in [1.807, 2.05) is 6.26 Å². The number of thioether (sulfide) groups is 1. The van der Waals surface area contributed by atoms with Crippen LogP contribution < -0.4 is 5.32 Å². The fraction of sp³-hybridized carbons (Fsp3) is 0.700. The Hall–Kier alpha value is -1.72. The number of carbonyl (C=O) groups is 4. The fourth-order valence-corrected chi connectivity index (χ4v) is 5.52. The average Bonchev–Trinajstić information content (AvgIpc) is 2.62. The lowest BCUT2D eigenvalue weighted by Gasteiger charge is -2.46. The summed E-state index contributed by atoms with van der Waals surface area (Å²) in [5, 5.41) is 2.88. The first-order valence-corrected chi connectivity index (χ1v) is 12.9. The molecule has 1 fully saturated rings. The van der Waals surface area contributed by atoms with Crippen LogP contribution in [-0.4, -0.2) is 83.7 Å². The molecule has 0 aromatic heterocycles. The van der Waals surface area contributed by atoms with Gasteiger partial charge in [0.1, 0.15) is 29.1 Å². The number of carbonyl (C=O) groups excluding carboxylic acids is 4. The predicted molar refractivity (Wildman–Crippen MR) is 120 cm³/mol. The summed E-state index contributed by atoms with van der Waals surface area (Å²) in [6.07, 6.45) is 1.55. The van der Waals surface area contributed by atoms with Crippen LogP contribution in [0.2, 0.25) is 0 Å². The Bertz CT molecular complexity index is 674. The molecule has 1 heterocycles. The summed E-state index contributed by atoms with van der Waals surface area (Å²) in [5.74, 6) is -0.862. The third-order valence-corrected chi connectivity index (χ3v) is 6.90. The molecule has 0 bridgehead atoms. The van der Waals surface area contributed by atoms with Crippen LogP contribution >= 0.6 is 11.8 Å². The van der Waals surface area contributed by atoms with Gasteiger partial charge in [-0.1, -0.05) is 6.58 Å².